The lowest BCUT2D eigenvalue weighted by Crippen LogP contribution is -2.33. The molecule has 0 radical (unpaired) electrons. The molecule has 1 atom stereocenters. The Bertz CT molecular complexity index is 1220. The lowest BCUT2D eigenvalue weighted by Gasteiger charge is -2.28. The van der Waals surface area contributed by atoms with Crippen molar-refractivity contribution in [2.45, 2.75) is 23.2 Å². The van der Waals surface area contributed by atoms with E-state index in [1.807, 2.05) is 30.3 Å². The molecule has 0 unspecified atom stereocenters. The van der Waals surface area contributed by atoms with Crippen molar-refractivity contribution in [3.63, 3.8) is 0 Å². The van der Waals surface area contributed by atoms with Gasteiger partial charge in [-0.2, -0.15) is 4.98 Å². The average Bonchev–Trinajstić information content (AvgIpc) is 2.84. The number of hydrogen-bond acceptors (Lipinski definition) is 7. The van der Waals surface area contributed by atoms with E-state index in [2.05, 4.69) is 10.3 Å². The molecule has 0 spiro atoms. The Morgan fingerprint density at radius 1 is 1.06 bits per heavy atom. The molecule has 0 fully saturated rings. The number of fused-ring (bicyclic) bond motifs is 1. The number of hydrogen-bond donors (Lipinski definition) is 1. The van der Waals surface area contributed by atoms with E-state index >= 15 is 0 Å². The van der Waals surface area contributed by atoms with Gasteiger partial charge in [0.15, 0.2) is 16.7 Å². The Kier molecular flexibility index (Phi) is 6.60. The molecule has 1 N–H and O–H groups in total. The van der Waals surface area contributed by atoms with Crippen LogP contribution in [-0.4, -0.2) is 36.8 Å². The van der Waals surface area contributed by atoms with Gasteiger partial charge in [-0.25, -0.2) is 0 Å². The van der Waals surface area contributed by atoms with Crippen molar-refractivity contribution in [2.75, 3.05) is 26.6 Å². The molecule has 0 saturated heterocycles. The number of methoxy groups -OCH3 is 3. The van der Waals surface area contributed by atoms with Crippen LogP contribution in [0.1, 0.15) is 29.0 Å². The van der Waals surface area contributed by atoms with Crippen molar-refractivity contribution in [1.82, 2.24) is 9.55 Å². The van der Waals surface area contributed by atoms with Gasteiger partial charge in [0.2, 0.25) is 11.7 Å². The van der Waals surface area contributed by atoms with E-state index in [-0.39, 0.29) is 17.9 Å². The average molecular weight is 468 g/mol. The van der Waals surface area contributed by atoms with Gasteiger partial charge in [-0.15, -0.1) is 0 Å². The molecule has 0 bridgehead atoms. The molecule has 9 heteroatoms. The molecule has 8 nitrogen and oxygen atoms in total. The van der Waals surface area contributed by atoms with E-state index in [1.54, 1.807) is 23.7 Å². The zero-order valence-electron chi connectivity index (χ0n) is 18.9. The van der Waals surface area contributed by atoms with Gasteiger partial charge in [0, 0.05) is 25.1 Å². The summed E-state index contributed by atoms with van der Waals surface area (Å²) >= 11 is 1.45. The fraction of sp³-hybridized carbons (Fsp3) is 0.292. The lowest BCUT2D eigenvalue weighted by molar-refractivity contribution is -0.116. The van der Waals surface area contributed by atoms with Crippen molar-refractivity contribution in [3.05, 3.63) is 69.5 Å². The SMILES string of the molecule is COc1cc([C@@H]2CC(=O)Nc3c2c(=O)nc(SCc2ccccc2)n3C)cc(OC)c1OC. The third kappa shape index (κ3) is 4.41. The molecule has 33 heavy (non-hydrogen) atoms. The van der Waals surface area contributed by atoms with E-state index in [0.29, 0.717) is 45.1 Å². The van der Waals surface area contributed by atoms with Gasteiger partial charge in [0.05, 0.1) is 26.9 Å². The first-order chi connectivity index (χ1) is 16.0. The van der Waals surface area contributed by atoms with Crippen molar-refractivity contribution < 1.29 is 19.0 Å². The number of carbonyl (C=O) groups excluding carboxylic acids is 1. The van der Waals surface area contributed by atoms with Crippen LogP contribution in [-0.2, 0) is 17.6 Å². The smallest absolute Gasteiger partial charge is 0.279 e. The zero-order valence-corrected chi connectivity index (χ0v) is 19.7. The fourth-order valence-electron chi connectivity index (χ4n) is 3.97. The summed E-state index contributed by atoms with van der Waals surface area (Å²) in [5.74, 6) is 1.80. The first kappa shape index (κ1) is 22.7. The van der Waals surface area contributed by atoms with Crippen LogP contribution in [0.2, 0.25) is 0 Å². The van der Waals surface area contributed by atoms with E-state index in [1.165, 1.54) is 33.1 Å². The van der Waals surface area contributed by atoms with E-state index in [4.69, 9.17) is 14.2 Å². The molecule has 172 valence electrons. The minimum absolute atomic E-state index is 0.110. The molecular formula is C24H25N3O5S. The Morgan fingerprint density at radius 2 is 1.73 bits per heavy atom. The van der Waals surface area contributed by atoms with Gasteiger partial charge >= 0.3 is 0 Å². The Morgan fingerprint density at radius 3 is 2.33 bits per heavy atom. The van der Waals surface area contributed by atoms with E-state index in [9.17, 15) is 9.59 Å². The highest BCUT2D eigenvalue weighted by atomic mass is 32.2. The molecule has 2 aromatic carbocycles. The number of carbonyl (C=O) groups is 1. The zero-order chi connectivity index (χ0) is 23.5. The number of anilines is 1. The molecule has 1 aliphatic rings. The van der Waals surface area contributed by atoms with Crippen LogP contribution < -0.4 is 25.1 Å². The van der Waals surface area contributed by atoms with Gasteiger partial charge in [-0.1, -0.05) is 42.1 Å². The standard InChI is InChI=1S/C24H25N3O5S/c1-27-22-20(23(29)26-24(27)33-13-14-8-6-5-7-9-14)16(12-19(28)25-22)15-10-17(30-2)21(32-4)18(11-15)31-3/h5-11,16H,12-13H2,1-4H3,(H,25,28)/t16-/m0/s1. The van der Waals surface area contributed by atoms with Gasteiger partial charge in [0.1, 0.15) is 5.82 Å². The van der Waals surface area contributed by atoms with Gasteiger partial charge in [0.25, 0.3) is 5.56 Å². The second-order valence-corrected chi connectivity index (χ2v) is 8.50. The molecule has 2 heterocycles. The predicted octanol–water partition coefficient (Wildman–Crippen LogP) is 3.57. The van der Waals surface area contributed by atoms with Crippen molar-refractivity contribution in [1.29, 1.82) is 0 Å². The fourth-order valence-corrected chi connectivity index (χ4v) is 4.89. The minimum Gasteiger partial charge on any atom is -0.493 e. The van der Waals surface area contributed by atoms with E-state index < -0.39 is 5.92 Å². The highest BCUT2D eigenvalue weighted by Gasteiger charge is 2.33. The molecule has 0 aliphatic carbocycles. The summed E-state index contributed by atoms with van der Waals surface area (Å²) in [6.07, 6.45) is 0.110. The second kappa shape index (κ2) is 9.58. The first-order valence-electron chi connectivity index (χ1n) is 10.3. The molecule has 1 aliphatic heterocycles. The lowest BCUT2D eigenvalue weighted by atomic mass is 9.86. The highest BCUT2D eigenvalue weighted by molar-refractivity contribution is 7.98. The number of ether oxygens (including phenoxy) is 3. The molecule has 0 saturated carbocycles. The topological polar surface area (TPSA) is 91.7 Å². The van der Waals surface area contributed by atoms with Crippen LogP contribution in [0.4, 0.5) is 5.82 Å². The number of aromatic nitrogens is 2. The maximum atomic E-state index is 13.2. The van der Waals surface area contributed by atoms with Gasteiger partial charge in [-0.3, -0.25) is 9.59 Å². The number of benzene rings is 2. The number of amides is 1. The van der Waals surface area contributed by atoms with Crippen LogP contribution in [0.3, 0.4) is 0 Å². The Labute approximate surface area is 195 Å². The van der Waals surface area contributed by atoms with Crippen LogP contribution in [0.15, 0.2) is 52.4 Å². The number of nitrogens with zero attached hydrogens (tertiary/aromatic N) is 2. The Hall–Kier alpha value is -3.46. The molecule has 3 aromatic rings. The summed E-state index contributed by atoms with van der Waals surface area (Å²) in [5.41, 5.74) is 1.91. The normalized spacial score (nSPS) is 14.9. The predicted molar refractivity (Wildman–Crippen MR) is 127 cm³/mol. The third-order valence-corrected chi connectivity index (χ3v) is 6.70. The molecule has 1 amide bonds. The maximum Gasteiger partial charge on any atom is 0.279 e. The van der Waals surface area contributed by atoms with Crippen LogP contribution in [0.5, 0.6) is 17.2 Å². The molecule has 4 rings (SSSR count). The van der Waals surface area contributed by atoms with Gasteiger partial charge < -0.3 is 24.1 Å². The van der Waals surface area contributed by atoms with Crippen molar-refractivity contribution >= 4 is 23.5 Å². The number of rotatable bonds is 7. The molecule has 1 aromatic heterocycles. The summed E-state index contributed by atoms with van der Waals surface area (Å²) in [4.78, 5) is 30.2. The second-order valence-electron chi connectivity index (χ2n) is 7.56. The largest absolute Gasteiger partial charge is 0.493 e. The number of nitrogens with one attached hydrogen (secondary N) is 1. The van der Waals surface area contributed by atoms with Crippen LogP contribution in [0, 0.1) is 0 Å². The quantitative estimate of drug-likeness (QED) is 0.420. The summed E-state index contributed by atoms with van der Waals surface area (Å²) in [5, 5.41) is 3.41. The van der Waals surface area contributed by atoms with Gasteiger partial charge in [-0.05, 0) is 23.3 Å². The number of thioether (sulfide) groups is 1. The maximum absolute atomic E-state index is 13.2. The monoisotopic (exact) mass is 467 g/mol. The van der Waals surface area contributed by atoms with Crippen LogP contribution in [0.25, 0.3) is 0 Å². The highest BCUT2D eigenvalue weighted by Crippen LogP contribution is 2.44. The summed E-state index contributed by atoms with van der Waals surface area (Å²) in [6, 6.07) is 13.5. The van der Waals surface area contributed by atoms with E-state index in [0.717, 1.165) is 5.56 Å². The third-order valence-electron chi connectivity index (χ3n) is 5.60. The van der Waals surface area contributed by atoms with Crippen LogP contribution >= 0.6 is 11.8 Å². The summed E-state index contributed by atoms with van der Waals surface area (Å²) in [6.45, 7) is 0. The summed E-state index contributed by atoms with van der Waals surface area (Å²) < 4.78 is 18.1. The first-order valence-corrected chi connectivity index (χ1v) is 11.3. The summed E-state index contributed by atoms with van der Waals surface area (Å²) in [7, 11) is 6.38. The minimum atomic E-state index is -0.498. The van der Waals surface area contributed by atoms with Crippen molar-refractivity contribution in [3.8, 4) is 17.2 Å². The van der Waals surface area contributed by atoms with Crippen molar-refractivity contribution in [2.24, 2.45) is 7.05 Å². The molecular weight excluding hydrogens is 442 g/mol. The Balaban J connectivity index is 1.77.